The van der Waals surface area contributed by atoms with Crippen LogP contribution in [0.5, 0.6) is 5.75 Å². The number of rotatable bonds is 7. The lowest BCUT2D eigenvalue weighted by Crippen LogP contribution is -2.37. The number of carbonyl (C=O) groups is 2. The molecule has 138 valence electrons. The highest BCUT2D eigenvalue weighted by Crippen LogP contribution is 2.28. The smallest absolute Gasteiger partial charge is 0.251 e. The van der Waals surface area contributed by atoms with E-state index in [0.717, 1.165) is 5.56 Å². The number of nitrogens with one attached hydrogen (secondary N) is 1. The van der Waals surface area contributed by atoms with E-state index in [0.29, 0.717) is 30.1 Å². The highest BCUT2D eigenvalue weighted by atomic mass is 16.5. The summed E-state index contributed by atoms with van der Waals surface area (Å²) in [5, 5.41) is 2.86. The van der Waals surface area contributed by atoms with E-state index < -0.39 is 0 Å². The van der Waals surface area contributed by atoms with Crippen LogP contribution in [-0.2, 0) is 4.79 Å². The van der Waals surface area contributed by atoms with Gasteiger partial charge >= 0.3 is 0 Å². The van der Waals surface area contributed by atoms with Gasteiger partial charge in [-0.15, -0.1) is 0 Å². The summed E-state index contributed by atoms with van der Waals surface area (Å²) in [6.07, 6.45) is 0.00574. The lowest BCUT2D eigenvalue weighted by molar-refractivity contribution is -0.116. The first-order valence-electron chi connectivity index (χ1n) is 8.77. The second kappa shape index (κ2) is 9.04. The molecule has 5 nitrogen and oxygen atoms in total. The van der Waals surface area contributed by atoms with Crippen LogP contribution < -0.4 is 15.0 Å². The van der Waals surface area contributed by atoms with E-state index >= 15 is 0 Å². The van der Waals surface area contributed by atoms with Crippen molar-refractivity contribution in [3.05, 3.63) is 59.7 Å². The molecule has 0 unspecified atom stereocenters. The highest BCUT2D eigenvalue weighted by Gasteiger charge is 2.17. The number of nitrogens with zero attached hydrogens (tertiary/aromatic N) is 1. The topological polar surface area (TPSA) is 58.6 Å². The van der Waals surface area contributed by atoms with Crippen LogP contribution in [0.2, 0.25) is 0 Å². The SMILES string of the molecule is CC(=O)N(CCNC(=O)c1ccc(C)cc1)c1ccccc1OC(C)C. The van der Waals surface area contributed by atoms with Gasteiger partial charge in [-0.25, -0.2) is 0 Å². The fraction of sp³-hybridized carbons (Fsp3) is 0.333. The van der Waals surface area contributed by atoms with Crippen molar-refractivity contribution in [3.63, 3.8) is 0 Å². The summed E-state index contributed by atoms with van der Waals surface area (Å²) in [5.74, 6) is 0.400. The Kier molecular flexibility index (Phi) is 6.78. The fourth-order valence-corrected chi connectivity index (χ4v) is 2.57. The molecule has 2 aromatic rings. The van der Waals surface area contributed by atoms with Crippen LogP contribution in [0.3, 0.4) is 0 Å². The number of aryl methyl sites for hydroxylation is 1. The van der Waals surface area contributed by atoms with Crippen molar-refractivity contribution in [2.24, 2.45) is 0 Å². The molecule has 5 heteroatoms. The zero-order chi connectivity index (χ0) is 19.1. The number of anilines is 1. The molecule has 26 heavy (non-hydrogen) atoms. The van der Waals surface area contributed by atoms with Crippen LogP contribution >= 0.6 is 0 Å². The number of hydrogen-bond donors (Lipinski definition) is 1. The number of para-hydroxylation sites is 2. The van der Waals surface area contributed by atoms with E-state index in [1.807, 2.05) is 57.2 Å². The molecule has 2 amide bonds. The first-order chi connectivity index (χ1) is 12.4. The molecule has 0 fully saturated rings. The molecule has 0 aliphatic carbocycles. The van der Waals surface area contributed by atoms with Gasteiger partial charge in [0.1, 0.15) is 5.75 Å². The van der Waals surface area contributed by atoms with E-state index in [4.69, 9.17) is 4.74 Å². The van der Waals surface area contributed by atoms with Gasteiger partial charge in [-0.05, 0) is 45.0 Å². The normalized spacial score (nSPS) is 10.5. The van der Waals surface area contributed by atoms with Gasteiger partial charge in [0.05, 0.1) is 11.8 Å². The average molecular weight is 354 g/mol. The van der Waals surface area contributed by atoms with Crippen LogP contribution in [0.25, 0.3) is 0 Å². The van der Waals surface area contributed by atoms with Crippen molar-refractivity contribution in [2.45, 2.75) is 33.8 Å². The molecule has 0 bridgehead atoms. The summed E-state index contributed by atoms with van der Waals surface area (Å²) in [4.78, 5) is 26.0. The predicted molar refractivity (Wildman–Crippen MR) is 104 cm³/mol. The van der Waals surface area contributed by atoms with Gasteiger partial charge in [-0.1, -0.05) is 29.8 Å². The Balaban J connectivity index is 2.04. The Hall–Kier alpha value is -2.82. The van der Waals surface area contributed by atoms with E-state index in [9.17, 15) is 9.59 Å². The Morgan fingerprint density at radius 2 is 1.73 bits per heavy atom. The van der Waals surface area contributed by atoms with Crippen LogP contribution in [0.4, 0.5) is 5.69 Å². The van der Waals surface area contributed by atoms with Gasteiger partial charge in [-0.2, -0.15) is 0 Å². The molecule has 0 aromatic heterocycles. The molecule has 0 saturated carbocycles. The molecular formula is C21H26N2O3. The summed E-state index contributed by atoms with van der Waals surface area (Å²) in [6, 6.07) is 14.8. The van der Waals surface area contributed by atoms with Gasteiger partial charge in [0.25, 0.3) is 5.91 Å². The summed E-state index contributed by atoms with van der Waals surface area (Å²) in [5.41, 5.74) is 2.41. The first-order valence-corrected chi connectivity index (χ1v) is 8.77. The minimum Gasteiger partial charge on any atom is -0.489 e. The maximum Gasteiger partial charge on any atom is 0.251 e. The molecular weight excluding hydrogens is 328 g/mol. The van der Waals surface area contributed by atoms with Crippen molar-refractivity contribution >= 4 is 17.5 Å². The van der Waals surface area contributed by atoms with Crippen molar-refractivity contribution in [3.8, 4) is 5.75 Å². The Morgan fingerprint density at radius 1 is 1.08 bits per heavy atom. The van der Waals surface area contributed by atoms with Crippen LogP contribution in [0, 0.1) is 6.92 Å². The molecule has 0 heterocycles. The van der Waals surface area contributed by atoms with Crippen molar-refractivity contribution in [1.82, 2.24) is 5.32 Å². The monoisotopic (exact) mass is 354 g/mol. The van der Waals surface area contributed by atoms with Gasteiger partial charge in [0, 0.05) is 25.6 Å². The number of amides is 2. The number of ether oxygens (including phenoxy) is 1. The molecule has 1 N–H and O–H groups in total. The molecule has 2 aromatic carbocycles. The summed E-state index contributed by atoms with van der Waals surface area (Å²) < 4.78 is 5.80. The molecule has 0 aliphatic heterocycles. The molecule has 0 atom stereocenters. The number of carbonyl (C=O) groups excluding carboxylic acids is 2. The first kappa shape index (κ1) is 19.5. The predicted octanol–water partition coefficient (Wildman–Crippen LogP) is 3.57. The lowest BCUT2D eigenvalue weighted by Gasteiger charge is -2.24. The Morgan fingerprint density at radius 3 is 2.35 bits per heavy atom. The Labute approximate surface area is 155 Å². The van der Waals surface area contributed by atoms with Crippen LogP contribution in [-0.4, -0.2) is 31.0 Å². The van der Waals surface area contributed by atoms with Gasteiger partial charge in [-0.3, -0.25) is 9.59 Å². The second-order valence-electron chi connectivity index (χ2n) is 6.43. The van der Waals surface area contributed by atoms with E-state index in [-0.39, 0.29) is 17.9 Å². The molecule has 0 radical (unpaired) electrons. The largest absolute Gasteiger partial charge is 0.489 e. The zero-order valence-corrected chi connectivity index (χ0v) is 15.8. The maximum atomic E-state index is 12.2. The molecule has 0 saturated heterocycles. The lowest BCUT2D eigenvalue weighted by atomic mass is 10.1. The van der Waals surface area contributed by atoms with Gasteiger partial charge < -0.3 is 15.0 Å². The average Bonchev–Trinajstić information content (AvgIpc) is 2.59. The van der Waals surface area contributed by atoms with Gasteiger partial charge in [0.15, 0.2) is 0 Å². The number of hydrogen-bond acceptors (Lipinski definition) is 3. The fourth-order valence-electron chi connectivity index (χ4n) is 2.57. The third kappa shape index (κ3) is 5.34. The van der Waals surface area contributed by atoms with Crippen LogP contribution in [0.1, 0.15) is 36.7 Å². The molecule has 0 spiro atoms. The standard InChI is InChI=1S/C21H26N2O3/c1-15(2)26-20-8-6-5-7-19(20)23(17(4)24)14-13-22-21(25)18-11-9-16(3)10-12-18/h5-12,15H,13-14H2,1-4H3,(H,22,25). The van der Waals surface area contributed by atoms with Crippen molar-refractivity contribution in [2.75, 3.05) is 18.0 Å². The van der Waals surface area contributed by atoms with Crippen molar-refractivity contribution < 1.29 is 14.3 Å². The minimum absolute atomic E-state index is 0.00574. The summed E-state index contributed by atoms with van der Waals surface area (Å²) >= 11 is 0. The highest BCUT2D eigenvalue weighted by molar-refractivity contribution is 5.95. The van der Waals surface area contributed by atoms with E-state index in [1.165, 1.54) is 6.92 Å². The molecule has 0 aliphatic rings. The second-order valence-corrected chi connectivity index (χ2v) is 6.43. The van der Waals surface area contributed by atoms with E-state index in [1.54, 1.807) is 17.0 Å². The minimum atomic E-state index is -0.153. The van der Waals surface area contributed by atoms with E-state index in [2.05, 4.69) is 5.32 Å². The zero-order valence-electron chi connectivity index (χ0n) is 15.8. The Bertz CT molecular complexity index is 754. The third-order valence-corrected chi connectivity index (χ3v) is 3.83. The van der Waals surface area contributed by atoms with Gasteiger partial charge in [0.2, 0.25) is 5.91 Å². The van der Waals surface area contributed by atoms with Crippen molar-refractivity contribution in [1.29, 1.82) is 0 Å². The third-order valence-electron chi connectivity index (χ3n) is 3.83. The maximum absolute atomic E-state index is 12.2. The summed E-state index contributed by atoms with van der Waals surface area (Å²) in [6.45, 7) is 8.08. The quantitative estimate of drug-likeness (QED) is 0.827. The number of benzene rings is 2. The molecule has 2 rings (SSSR count). The van der Waals surface area contributed by atoms with Crippen LogP contribution in [0.15, 0.2) is 48.5 Å². The summed E-state index contributed by atoms with van der Waals surface area (Å²) in [7, 11) is 0.